The molecule has 0 fully saturated rings. The Morgan fingerprint density at radius 1 is 1.11 bits per heavy atom. The van der Waals surface area contributed by atoms with Crippen LogP contribution in [0.25, 0.3) is 11.3 Å². The predicted molar refractivity (Wildman–Crippen MR) is 111 cm³/mol. The number of sulfone groups is 1. The molecule has 1 atom stereocenters. The largest absolute Gasteiger partial charge is 0.311 e. The van der Waals surface area contributed by atoms with Crippen molar-refractivity contribution in [3.8, 4) is 11.3 Å². The Morgan fingerprint density at radius 3 is 2.61 bits per heavy atom. The molecule has 5 nitrogen and oxygen atoms in total. The van der Waals surface area contributed by atoms with Gasteiger partial charge in [0.05, 0.1) is 5.69 Å². The molecule has 3 aromatic rings. The van der Waals surface area contributed by atoms with Gasteiger partial charge in [0.1, 0.15) is 5.25 Å². The van der Waals surface area contributed by atoms with Crippen molar-refractivity contribution in [2.45, 2.75) is 29.4 Å². The first kappa shape index (κ1) is 18.8. The van der Waals surface area contributed by atoms with E-state index < -0.39 is 21.0 Å². The van der Waals surface area contributed by atoms with Crippen LogP contribution in [-0.2, 0) is 21.1 Å². The molecule has 7 heteroatoms. The molecule has 0 spiro atoms. The van der Waals surface area contributed by atoms with Gasteiger partial charge in [0.15, 0.2) is 0 Å². The second-order valence-electron chi connectivity index (χ2n) is 6.77. The summed E-state index contributed by atoms with van der Waals surface area (Å²) in [5, 5.41) is 0.531. The zero-order valence-electron chi connectivity index (χ0n) is 15.4. The van der Waals surface area contributed by atoms with Crippen LogP contribution in [0.4, 0.5) is 5.69 Å². The Hall–Kier alpha value is -2.51. The molecule has 0 aliphatic carbocycles. The lowest BCUT2D eigenvalue weighted by Gasteiger charge is -2.31. The third kappa shape index (κ3) is 3.36. The maximum Gasteiger partial charge on any atom is 0.245 e. The van der Waals surface area contributed by atoms with Crippen molar-refractivity contribution in [3.63, 3.8) is 0 Å². The van der Waals surface area contributed by atoms with Gasteiger partial charge in [0.25, 0.3) is 0 Å². The van der Waals surface area contributed by atoms with Crippen molar-refractivity contribution in [3.05, 3.63) is 65.5 Å². The quantitative estimate of drug-likeness (QED) is 0.651. The van der Waals surface area contributed by atoms with Crippen LogP contribution in [0.1, 0.15) is 18.9 Å². The summed E-state index contributed by atoms with van der Waals surface area (Å²) in [6.45, 7) is 1.99. The molecule has 0 bridgehead atoms. The fourth-order valence-electron chi connectivity index (χ4n) is 3.40. The van der Waals surface area contributed by atoms with E-state index in [4.69, 9.17) is 0 Å². The normalized spacial score (nSPS) is 15.1. The summed E-state index contributed by atoms with van der Waals surface area (Å²) in [6, 6.07) is 17.1. The molecule has 0 saturated heterocycles. The number of hydrogen-bond donors (Lipinski definition) is 0. The van der Waals surface area contributed by atoms with Gasteiger partial charge in [-0.2, -0.15) is 0 Å². The lowest BCUT2D eigenvalue weighted by molar-refractivity contribution is -0.118. The summed E-state index contributed by atoms with van der Waals surface area (Å²) in [5.74, 6) is -0.399. The number of nitrogens with zero attached hydrogens (tertiary/aromatic N) is 2. The average molecular weight is 413 g/mol. The standard InChI is InChI=1S/C21H20N2O3S2/c1-15(20(24)23-13-7-11-17-10-5-6-12-19(17)23)28(25,26)21-22-18(14-27-21)16-8-3-2-4-9-16/h2-6,8-10,12,14-15H,7,11,13H2,1H3. The van der Waals surface area contributed by atoms with E-state index in [1.807, 2.05) is 54.6 Å². The zero-order valence-corrected chi connectivity index (χ0v) is 17.0. The Balaban J connectivity index is 1.62. The fraction of sp³-hybridized carbons (Fsp3) is 0.238. The van der Waals surface area contributed by atoms with Crippen molar-refractivity contribution < 1.29 is 13.2 Å². The van der Waals surface area contributed by atoms with Crippen LogP contribution >= 0.6 is 11.3 Å². The predicted octanol–water partition coefficient (Wildman–Crippen LogP) is 3.95. The first-order valence-electron chi connectivity index (χ1n) is 9.12. The zero-order chi connectivity index (χ0) is 19.7. The minimum absolute atomic E-state index is 0.0162. The molecule has 1 amide bonds. The minimum atomic E-state index is -3.86. The Morgan fingerprint density at radius 2 is 1.82 bits per heavy atom. The van der Waals surface area contributed by atoms with Gasteiger partial charge in [-0.05, 0) is 31.4 Å². The van der Waals surface area contributed by atoms with E-state index in [9.17, 15) is 13.2 Å². The average Bonchev–Trinajstić information content (AvgIpc) is 3.24. The smallest absolute Gasteiger partial charge is 0.245 e. The molecule has 1 aliphatic rings. The summed E-state index contributed by atoms with van der Waals surface area (Å²) in [5.41, 5.74) is 3.34. The number of fused-ring (bicyclic) bond motifs is 1. The maximum atomic E-state index is 13.1. The second kappa shape index (κ2) is 7.48. The minimum Gasteiger partial charge on any atom is -0.311 e. The SMILES string of the molecule is CC(C(=O)N1CCCc2ccccc21)S(=O)(=O)c1nc(-c2ccccc2)cs1. The van der Waals surface area contributed by atoms with Crippen molar-refractivity contribution in [2.24, 2.45) is 0 Å². The molecule has 0 radical (unpaired) electrons. The van der Waals surface area contributed by atoms with Crippen molar-refractivity contribution in [1.29, 1.82) is 0 Å². The van der Waals surface area contributed by atoms with Gasteiger partial charge in [-0.3, -0.25) is 4.79 Å². The lowest BCUT2D eigenvalue weighted by Crippen LogP contribution is -2.44. The highest BCUT2D eigenvalue weighted by Gasteiger charge is 2.36. The number of rotatable bonds is 4. The van der Waals surface area contributed by atoms with Crippen LogP contribution < -0.4 is 4.90 Å². The van der Waals surface area contributed by atoms with Crippen LogP contribution in [0.2, 0.25) is 0 Å². The van der Waals surface area contributed by atoms with E-state index in [2.05, 4.69) is 4.98 Å². The van der Waals surface area contributed by atoms with E-state index in [-0.39, 0.29) is 4.34 Å². The van der Waals surface area contributed by atoms with Gasteiger partial charge in [-0.15, -0.1) is 11.3 Å². The number of aryl methyl sites for hydroxylation is 1. The van der Waals surface area contributed by atoms with Crippen LogP contribution in [0.3, 0.4) is 0 Å². The third-order valence-corrected chi connectivity index (χ3v) is 8.32. The first-order valence-corrected chi connectivity index (χ1v) is 11.6. The number of aromatic nitrogens is 1. The molecule has 2 heterocycles. The highest BCUT2D eigenvalue weighted by Crippen LogP contribution is 2.31. The number of hydrogen-bond acceptors (Lipinski definition) is 5. The van der Waals surface area contributed by atoms with Crippen LogP contribution in [0, 0.1) is 0 Å². The van der Waals surface area contributed by atoms with Crippen LogP contribution in [-0.4, -0.2) is 31.1 Å². The van der Waals surface area contributed by atoms with E-state index in [0.29, 0.717) is 12.2 Å². The maximum absolute atomic E-state index is 13.1. The third-order valence-electron chi connectivity index (χ3n) is 4.99. The number of carbonyl (C=O) groups excluding carboxylic acids is 1. The summed E-state index contributed by atoms with van der Waals surface area (Å²) in [7, 11) is -3.86. The first-order chi connectivity index (χ1) is 13.5. The van der Waals surface area contributed by atoms with Crippen molar-refractivity contribution >= 4 is 32.8 Å². The number of benzene rings is 2. The fourth-order valence-corrected chi connectivity index (χ4v) is 5.98. The van der Waals surface area contributed by atoms with E-state index in [1.165, 1.54) is 6.92 Å². The number of anilines is 1. The molecule has 0 N–H and O–H groups in total. The highest BCUT2D eigenvalue weighted by molar-refractivity contribution is 7.94. The van der Waals surface area contributed by atoms with Crippen molar-refractivity contribution in [1.82, 2.24) is 4.98 Å². The molecule has 1 aromatic heterocycles. The molecule has 28 heavy (non-hydrogen) atoms. The lowest BCUT2D eigenvalue weighted by atomic mass is 10.0. The number of thiazole rings is 1. The molecule has 4 rings (SSSR count). The Labute approximate surface area is 168 Å². The number of carbonyl (C=O) groups is 1. The van der Waals surface area contributed by atoms with Gasteiger partial charge < -0.3 is 4.90 Å². The van der Waals surface area contributed by atoms with Gasteiger partial charge in [0.2, 0.25) is 20.1 Å². The molecular weight excluding hydrogens is 392 g/mol. The monoisotopic (exact) mass is 412 g/mol. The summed E-state index contributed by atoms with van der Waals surface area (Å²) >= 11 is 1.06. The van der Waals surface area contributed by atoms with E-state index in [1.54, 1.807) is 10.3 Å². The summed E-state index contributed by atoms with van der Waals surface area (Å²) in [6.07, 6.45) is 1.72. The number of para-hydroxylation sites is 1. The topological polar surface area (TPSA) is 67.3 Å². The van der Waals surface area contributed by atoms with Crippen molar-refractivity contribution in [2.75, 3.05) is 11.4 Å². The van der Waals surface area contributed by atoms with Gasteiger partial charge >= 0.3 is 0 Å². The molecular formula is C21H20N2O3S2. The summed E-state index contributed by atoms with van der Waals surface area (Å²) in [4.78, 5) is 19.0. The number of amides is 1. The van der Waals surface area contributed by atoms with Crippen LogP contribution in [0.15, 0.2) is 64.3 Å². The van der Waals surface area contributed by atoms with Crippen LogP contribution in [0.5, 0.6) is 0 Å². The van der Waals surface area contributed by atoms with Gasteiger partial charge in [0, 0.05) is 23.2 Å². The van der Waals surface area contributed by atoms with Gasteiger partial charge in [-0.25, -0.2) is 13.4 Å². The van der Waals surface area contributed by atoms with E-state index in [0.717, 1.165) is 41.0 Å². The van der Waals surface area contributed by atoms with E-state index >= 15 is 0 Å². The molecule has 0 saturated carbocycles. The Bertz CT molecular complexity index is 1110. The second-order valence-corrected chi connectivity index (χ2v) is 10.1. The molecule has 2 aromatic carbocycles. The molecule has 1 unspecified atom stereocenters. The van der Waals surface area contributed by atoms with Gasteiger partial charge in [-0.1, -0.05) is 48.5 Å². The highest BCUT2D eigenvalue weighted by atomic mass is 32.2. The Kier molecular flexibility index (Phi) is 5.03. The molecule has 144 valence electrons. The summed E-state index contributed by atoms with van der Waals surface area (Å²) < 4.78 is 26.1. The molecule has 1 aliphatic heterocycles.